The first-order valence-corrected chi connectivity index (χ1v) is 9.91. The zero-order valence-electron chi connectivity index (χ0n) is 15.1. The Morgan fingerprint density at radius 3 is 2.50 bits per heavy atom. The lowest BCUT2D eigenvalue weighted by molar-refractivity contribution is -0.131. The van der Waals surface area contributed by atoms with Crippen LogP contribution < -0.4 is 5.32 Å². The molecule has 7 heteroatoms. The van der Waals surface area contributed by atoms with E-state index >= 15 is 0 Å². The summed E-state index contributed by atoms with van der Waals surface area (Å²) in [4.78, 5) is 15.6. The monoisotopic (exact) mass is 400 g/mol. The van der Waals surface area contributed by atoms with Gasteiger partial charge >= 0.3 is 0 Å². The fourth-order valence-corrected chi connectivity index (χ4v) is 4.38. The van der Waals surface area contributed by atoms with E-state index in [2.05, 4.69) is 10.2 Å². The third-order valence-corrected chi connectivity index (χ3v) is 5.79. The molecule has 1 amide bonds. The van der Waals surface area contributed by atoms with Gasteiger partial charge in [0.15, 0.2) is 0 Å². The number of amides is 1. The molecule has 0 aromatic heterocycles. The third-order valence-electron chi connectivity index (χ3n) is 5.24. The lowest BCUT2D eigenvalue weighted by atomic mass is 9.73. The Labute approximate surface area is 164 Å². The highest BCUT2D eigenvalue weighted by Gasteiger charge is 2.43. The van der Waals surface area contributed by atoms with Crippen molar-refractivity contribution >= 4 is 29.1 Å². The lowest BCUT2D eigenvalue weighted by Crippen LogP contribution is -2.53. The molecule has 0 radical (unpaired) electrons. The van der Waals surface area contributed by atoms with Gasteiger partial charge in [-0.25, -0.2) is 0 Å². The molecule has 0 spiro atoms. The van der Waals surface area contributed by atoms with Gasteiger partial charge in [0, 0.05) is 48.9 Å². The molecule has 1 aromatic carbocycles. The number of halogens is 2. The van der Waals surface area contributed by atoms with E-state index in [9.17, 15) is 4.79 Å². The molecule has 1 atom stereocenters. The maximum Gasteiger partial charge on any atom is 0.231 e. The van der Waals surface area contributed by atoms with Gasteiger partial charge in [-0.05, 0) is 37.5 Å². The number of carbonyl (C=O) groups excluding carboxylic acids is 1. The van der Waals surface area contributed by atoms with Gasteiger partial charge in [-0.1, -0.05) is 29.3 Å². The van der Waals surface area contributed by atoms with Gasteiger partial charge in [0.1, 0.15) is 0 Å². The third kappa shape index (κ3) is 4.52. The maximum atomic E-state index is 13.3. The molecule has 2 aliphatic heterocycles. The normalized spacial score (nSPS) is 22.0. The van der Waals surface area contributed by atoms with Crippen LogP contribution in [0.25, 0.3) is 0 Å². The number of carbonyl (C=O) groups is 1. The predicted octanol–water partition coefficient (Wildman–Crippen LogP) is 2.88. The van der Waals surface area contributed by atoms with E-state index in [1.54, 1.807) is 12.1 Å². The zero-order valence-corrected chi connectivity index (χ0v) is 16.6. The molecule has 0 bridgehead atoms. The van der Waals surface area contributed by atoms with Crippen LogP contribution in [0.15, 0.2) is 18.2 Å². The summed E-state index contributed by atoms with van der Waals surface area (Å²) in [6.45, 7) is 7.27. The van der Waals surface area contributed by atoms with E-state index < -0.39 is 5.41 Å². The van der Waals surface area contributed by atoms with Crippen LogP contribution in [0.4, 0.5) is 0 Å². The molecule has 1 aromatic rings. The molecule has 2 fully saturated rings. The summed E-state index contributed by atoms with van der Waals surface area (Å²) in [6, 6.07) is 5.43. The van der Waals surface area contributed by atoms with E-state index in [0.717, 1.165) is 38.4 Å². The highest BCUT2D eigenvalue weighted by molar-refractivity contribution is 6.35. The van der Waals surface area contributed by atoms with Gasteiger partial charge in [-0.15, -0.1) is 0 Å². The van der Waals surface area contributed by atoms with Crippen LogP contribution in [0.5, 0.6) is 0 Å². The van der Waals surface area contributed by atoms with E-state index in [4.69, 9.17) is 32.7 Å². The Balaban J connectivity index is 1.75. The quantitative estimate of drug-likeness (QED) is 0.825. The zero-order chi connectivity index (χ0) is 18.6. The number of hydrogen-bond donors (Lipinski definition) is 1. The van der Waals surface area contributed by atoms with Crippen LogP contribution in [0, 0.1) is 0 Å². The van der Waals surface area contributed by atoms with Crippen molar-refractivity contribution in [3.63, 3.8) is 0 Å². The van der Waals surface area contributed by atoms with Gasteiger partial charge in [0.2, 0.25) is 5.91 Å². The molecule has 1 N–H and O–H groups in total. The van der Waals surface area contributed by atoms with E-state index in [1.165, 1.54) is 0 Å². The average Bonchev–Trinajstić information content (AvgIpc) is 2.63. The van der Waals surface area contributed by atoms with Gasteiger partial charge in [-0.3, -0.25) is 9.69 Å². The summed E-state index contributed by atoms with van der Waals surface area (Å²) in [7, 11) is 0. The van der Waals surface area contributed by atoms with Gasteiger partial charge < -0.3 is 14.8 Å². The largest absolute Gasteiger partial charge is 0.381 e. The summed E-state index contributed by atoms with van der Waals surface area (Å²) >= 11 is 12.5. The molecule has 2 heterocycles. The minimum atomic E-state index is -0.667. The van der Waals surface area contributed by atoms with Crippen LogP contribution in [0.3, 0.4) is 0 Å². The standard InChI is InChI=1S/C19H26Cl2N2O3/c1-14(13-23-6-10-26-11-7-23)22-18(24)19(4-8-25-9-5-19)16-3-2-15(20)12-17(16)21/h2-3,12,14H,4-11,13H2,1H3,(H,22,24). The van der Waals surface area contributed by atoms with Crippen molar-refractivity contribution in [2.45, 2.75) is 31.2 Å². The highest BCUT2D eigenvalue weighted by atomic mass is 35.5. The molecule has 0 aliphatic carbocycles. The number of nitrogens with zero attached hydrogens (tertiary/aromatic N) is 1. The van der Waals surface area contributed by atoms with Crippen LogP contribution in [0.2, 0.25) is 10.0 Å². The van der Waals surface area contributed by atoms with Gasteiger partial charge in [0.05, 0.1) is 18.6 Å². The Kier molecular flexibility index (Phi) is 6.81. The first kappa shape index (κ1) is 19.9. The predicted molar refractivity (Wildman–Crippen MR) is 103 cm³/mol. The van der Waals surface area contributed by atoms with Crippen molar-refractivity contribution in [3.8, 4) is 0 Å². The minimum Gasteiger partial charge on any atom is -0.381 e. The number of ether oxygens (including phenoxy) is 2. The van der Waals surface area contributed by atoms with Crippen molar-refractivity contribution < 1.29 is 14.3 Å². The fraction of sp³-hybridized carbons (Fsp3) is 0.632. The van der Waals surface area contributed by atoms with Crippen molar-refractivity contribution in [2.24, 2.45) is 0 Å². The molecular weight excluding hydrogens is 375 g/mol. The highest BCUT2D eigenvalue weighted by Crippen LogP contribution is 2.40. The molecule has 2 saturated heterocycles. The van der Waals surface area contributed by atoms with Crippen LogP contribution in [-0.2, 0) is 19.7 Å². The fourth-order valence-electron chi connectivity index (χ4n) is 3.79. The van der Waals surface area contributed by atoms with Crippen LogP contribution in [-0.4, -0.2) is 62.9 Å². The molecule has 5 nitrogen and oxygen atoms in total. The number of benzene rings is 1. The van der Waals surface area contributed by atoms with E-state index in [1.807, 2.05) is 13.0 Å². The number of hydrogen-bond acceptors (Lipinski definition) is 4. The SMILES string of the molecule is CC(CN1CCOCC1)NC(=O)C1(c2ccc(Cl)cc2Cl)CCOCC1. The van der Waals surface area contributed by atoms with E-state index in [-0.39, 0.29) is 11.9 Å². The summed E-state index contributed by atoms with van der Waals surface area (Å²) in [5.74, 6) is 0.0192. The Morgan fingerprint density at radius 1 is 1.19 bits per heavy atom. The number of nitrogens with one attached hydrogen (secondary N) is 1. The Bertz CT molecular complexity index is 629. The smallest absolute Gasteiger partial charge is 0.231 e. The minimum absolute atomic E-state index is 0.0192. The lowest BCUT2D eigenvalue weighted by Gasteiger charge is -2.38. The number of morpholine rings is 1. The summed E-state index contributed by atoms with van der Waals surface area (Å²) in [6.07, 6.45) is 1.23. The maximum absolute atomic E-state index is 13.3. The van der Waals surface area contributed by atoms with Crippen molar-refractivity contribution in [1.82, 2.24) is 10.2 Å². The first-order valence-electron chi connectivity index (χ1n) is 9.15. The Hall–Kier alpha value is -0.850. The van der Waals surface area contributed by atoms with Gasteiger partial charge in [0.25, 0.3) is 0 Å². The van der Waals surface area contributed by atoms with Crippen LogP contribution >= 0.6 is 23.2 Å². The van der Waals surface area contributed by atoms with Gasteiger partial charge in [-0.2, -0.15) is 0 Å². The van der Waals surface area contributed by atoms with Crippen molar-refractivity contribution in [2.75, 3.05) is 46.1 Å². The molecule has 2 aliphatic rings. The Morgan fingerprint density at radius 2 is 1.85 bits per heavy atom. The second kappa shape index (κ2) is 8.89. The van der Waals surface area contributed by atoms with Crippen LogP contribution in [0.1, 0.15) is 25.3 Å². The molecule has 1 unspecified atom stereocenters. The molecular formula is C19H26Cl2N2O3. The summed E-state index contributed by atoms with van der Waals surface area (Å²) < 4.78 is 10.9. The summed E-state index contributed by atoms with van der Waals surface area (Å²) in [5, 5.41) is 4.32. The second-order valence-corrected chi connectivity index (χ2v) is 7.95. The average molecular weight is 401 g/mol. The molecule has 3 rings (SSSR count). The molecule has 0 saturated carbocycles. The number of rotatable bonds is 5. The second-order valence-electron chi connectivity index (χ2n) is 7.11. The first-order chi connectivity index (χ1) is 12.5. The van der Waals surface area contributed by atoms with Crippen molar-refractivity contribution in [3.05, 3.63) is 33.8 Å². The van der Waals surface area contributed by atoms with Crippen molar-refractivity contribution in [1.29, 1.82) is 0 Å². The topological polar surface area (TPSA) is 50.8 Å². The van der Waals surface area contributed by atoms with E-state index in [0.29, 0.717) is 36.1 Å². The molecule has 144 valence electrons. The molecule has 26 heavy (non-hydrogen) atoms. The summed E-state index contributed by atoms with van der Waals surface area (Å²) in [5.41, 5.74) is 0.169.